The number of ether oxygens (including phenoxy) is 1. The SMILES string of the molecule is CCN(CCN1CCOCC1)CC(C)C#N. The Morgan fingerprint density at radius 2 is 2.12 bits per heavy atom. The molecule has 1 heterocycles. The smallest absolute Gasteiger partial charge is 0.0666 e. The number of likely N-dealkylation sites (N-methyl/N-ethyl adjacent to an activating group) is 1. The van der Waals surface area contributed by atoms with Crippen LogP contribution >= 0.6 is 0 Å². The van der Waals surface area contributed by atoms with Crippen molar-refractivity contribution in [2.45, 2.75) is 13.8 Å². The highest BCUT2D eigenvalue weighted by molar-refractivity contribution is 4.81. The van der Waals surface area contributed by atoms with Crippen LogP contribution in [0.25, 0.3) is 0 Å². The summed E-state index contributed by atoms with van der Waals surface area (Å²) in [6.45, 7) is 12.0. The lowest BCUT2D eigenvalue weighted by molar-refractivity contribution is 0.0332. The number of hydrogen-bond donors (Lipinski definition) is 0. The van der Waals surface area contributed by atoms with Crippen molar-refractivity contribution < 1.29 is 4.74 Å². The summed E-state index contributed by atoms with van der Waals surface area (Å²) in [5.41, 5.74) is 0. The molecule has 4 heteroatoms. The predicted octanol–water partition coefficient (Wildman–Crippen LogP) is 0.800. The second-order valence-corrected chi connectivity index (χ2v) is 4.38. The average Bonchev–Trinajstić information content (AvgIpc) is 2.35. The van der Waals surface area contributed by atoms with E-state index in [4.69, 9.17) is 10.00 Å². The van der Waals surface area contributed by atoms with E-state index >= 15 is 0 Å². The molecule has 0 amide bonds. The van der Waals surface area contributed by atoms with Crippen LogP contribution in [0.4, 0.5) is 0 Å². The van der Waals surface area contributed by atoms with Crippen LogP contribution in [-0.2, 0) is 4.74 Å². The van der Waals surface area contributed by atoms with Gasteiger partial charge in [-0.05, 0) is 13.5 Å². The molecule has 0 spiro atoms. The minimum atomic E-state index is 0.129. The Labute approximate surface area is 98.8 Å². The highest BCUT2D eigenvalue weighted by Gasteiger charge is 2.12. The van der Waals surface area contributed by atoms with Crippen LogP contribution in [0.2, 0.25) is 0 Å². The summed E-state index contributed by atoms with van der Waals surface area (Å²) >= 11 is 0. The van der Waals surface area contributed by atoms with Crippen LogP contribution in [0.15, 0.2) is 0 Å². The molecule has 0 N–H and O–H groups in total. The summed E-state index contributed by atoms with van der Waals surface area (Å²) in [5, 5.41) is 8.79. The largest absolute Gasteiger partial charge is 0.379 e. The van der Waals surface area contributed by atoms with Crippen molar-refractivity contribution in [3.8, 4) is 6.07 Å². The zero-order chi connectivity index (χ0) is 11.8. The number of nitrogens with zero attached hydrogens (tertiary/aromatic N) is 3. The Kier molecular flexibility index (Phi) is 6.39. The van der Waals surface area contributed by atoms with E-state index in [0.717, 1.165) is 52.5 Å². The van der Waals surface area contributed by atoms with Gasteiger partial charge in [-0.1, -0.05) is 6.92 Å². The van der Waals surface area contributed by atoms with E-state index in [-0.39, 0.29) is 5.92 Å². The van der Waals surface area contributed by atoms with Crippen molar-refractivity contribution in [1.82, 2.24) is 9.80 Å². The van der Waals surface area contributed by atoms with Gasteiger partial charge in [0.2, 0.25) is 0 Å². The van der Waals surface area contributed by atoms with Gasteiger partial charge in [-0.15, -0.1) is 0 Å². The zero-order valence-electron chi connectivity index (χ0n) is 10.5. The monoisotopic (exact) mass is 225 g/mol. The van der Waals surface area contributed by atoms with Gasteiger partial charge >= 0.3 is 0 Å². The van der Waals surface area contributed by atoms with Crippen LogP contribution < -0.4 is 0 Å². The number of morpholine rings is 1. The Morgan fingerprint density at radius 1 is 1.44 bits per heavy atom. The molecule has 0 radical (unpaired) electrons. The molecule has 0 aromatic carbocycles. The van der Waals surface area contributed by atoms with E-state index in [1.165, 1.54) is 0 Å². The van der Waals surface area contributed by atoms with Gasteiger partial charge in [-0.2, -0.15) is 5.26 Å². The van der Waals surface area contributed by atoms with Gasteiger partial charge in [-0.25, -0.2) is 0 Å². The summed E-state index contributed by atoms with van der Waals surface area (Å²) in [6, 6.07) is 2.29. The molecule has 1 atom stereocenters. The standard InChI is InChI=1S/C12H23N3O/c1-3-14(11-12(2)10-13)4-5-15-6-8-16-9-7-15/h12H,3-9,11H2,1-2H3. The van der Waals surface area contributed by atoms with E-state index in [1.807, 2.05) is 6.92 Å². The Morgan fingerprint density at radius 3 is 2.69 bits per heavy atom. The molecule has 1 saturated heterocycles. The maximum atomic E-state index is 8.79. The summed E-state index contributed by atoms with van der Waals surface area (Å²) in [4.78, 5) is 4.78. The van der Waals surface area contributed by atoms with Gasteiger partial charge in [0.15, 0.2) is 0 Å². The van der Waals surface area contributed by atoms with Crippen LogP contribution in [-0.4, -0.2) is 62.3 Å². The molecular formula is C12H23N3O. The lowest BCUT2D eigenvalue weighted by Crippen LogP contribution is -2.42. The number of rotatable bonds is 6. The maximum absolute atomic E-state index is 8.79. The molecule has 1 aliphatic heterocycles. The van der Waals surface area contributed by atoms with Crippen LogP contribution in [0.3, 0.4) is 0 Å². The molecule has 1 unspecified atom stereocenters. The molecule has 0 bridgehead atoms. The van der Waals surface area contributed by atoms with Crippen LogP contribution in [0.1, 0.15) is 13.8 Å². The van der Waals surface area contributed by atoms with Gasteiger partial charge in [0.1, 0.15) is 0 Å². The van der Waals surface area contributed by atoms with Gasteiger partial charge in [0.05, 0.1) is 25.2 Å². The normalized spacial score (nSPS) is 19.6. The Hall–Kier alpha value is -0.630. The molecule has 0 aromatic heterocycles. The molecule has 1 fully saturated rings. The van der Waals surface area contributed by atoms with Crippen LogP contribution in [0.5, 0.6) is 0 Å². The third-order valence-electron chi connectivity index (χ3n) is 3.04. The van der Waals surface area contributed by atoms with Crippen molar-refractivity contribution in [3.05, 3.63) is 0 Å². The summed E-state index contributed by atoms with van der Waals surface area (Å²) in [7, 11) is 0. The first-order valence-corrected chi connectivity index (χ1v) is 6.18. The molecule has 1 aliphatic rings. The van der Waals surface area contributed by atoms with Gasteiger partial charge in [0.25, 0.3) is 0 Å². The molecule has 16 heavy (non-hydrogen) atoms. The van der Waals surface area contributed by atoms with Crippen molar-refractivity contribution in [2.75, 3.05) is 52.5 Å². The Balaban J connectivity index is 2.19. The Bertz CT molecular complexity index is 221. The van der Waals surface area contributed by atoms with Crippen molar-refractivity contribution in [2.24, 2.45) is 5.92 Å². The molecular weight excluding hydrogens is 202 g/mol. The molecule has 0 aliphatic carbocycles. The molecule has 0 aromatic rings. The highest BCUT2D eigenvalue weighted by atomic mass is 16.5. The quantitative estimate of drug-likeness (QED) is 0.670. The first-order valence-electron chi connectivity index (χ1n) is 6.18. The minimum absolute atomic E-state index is 0.129. The van der Waals surface area contributed by atoms with Crippen molar-refractivity contribution in [1.29, 1.82) is 5.26 Å². The summed E-state index contributed by atoms with van der Waals surface area (Å²) in [5.74, 6) is 0.129. The predicted molar refractivity (Wildman–Crippen MR) is 64.2 cm³/mol. The fraction of sp³-hybridized carbons (Fsp3) is 0.917. The lowest BCUT2D eigenvalue weighted by Gasteiger charge is -2.29. The third kappa shape index (κ3) is 4.93. The zero-order valence-corrected chi connectivity index (χ0v) is 10.5. The van der Waals surface area contributed by atoms with Gasteiger partial charge in [0, 0.05) is 32.7 Å². The molecule has 1 rings (SSSR count). The summed E-state index contributed by atoms with van der Waals surface area (Å²) in [6.07, 6.45) is 0. The minimum Gasteiger partial charge on any atom is -0.379 e. The van der Waals surface area contributed by atoms with Gasteiger partial charge < -0.3 is 9.64 Å². The van der Waals surface area contributed by atoms with Gasteiger partial charge in [-0.3, -0.25) is 4.90 Å². The fourth-order valence-electron chi connectivity index (χ4n) is 1.91. The second kappa shape index (κ2) is 7.61. The third-order valence-corrected chi connectivity index (χ3v) is 3.04. The average molecular weight is 225 g/mol. The van der Waals surface area contributed by atoms with E-state index in [9.17, 15) is 0 Å². The molecule has 92 valence electrons. The topological polar surface area (TPSA) is 39.5 Å². The van der Waals surface area contributed by atoms with E-state index < -0.39 is 0 Å². The van der Waals surface area contributed by atoms with Crippen molar-refractivity contribution in [3.63, 3.8) is 0 Å². The molecule has 4 nitrogen and oxygen atoms in total. The number of nitriles is 1. The van der Waals surface area contributed by atoms with Crippen LogP contribution in [0, 0.1) is 17.2 Å². The van der Waals surface area contributed by atoms with E-state index in [0.29, 0.717) is 0 Å². The first-order chi connectivity index (χ1) is 7.76. The lowest BCUT2D eigenvalue weighted by atomic mass is 10.2. The summed E-state index contributed by atoms with van der Waals surface area (Å²) < 4.78 is 5.32. The van der Waals surface area contributed by atoms with E-state index in [2.05, 4.69) is 22.8 Å². The van der Waals surface area contributed by atoms with Crippen molar-refractivity contribution >= 4 is 0 Å². The van der Waals surface area contributed by atoms with E-state index in [1.54, 1.807) is 0 Å². The maximum Gasteiger partial charge on any atom is 0.0666 e. The fourth-order valence-corrected chi connectivity index (χ4v) is 1.91. The highest BCUT2D eigenvalue weighted by Crippen LogP contribution is 2.01. The number of hydrogen-bond acceptors (Lipinski definition) is 4. The second-order valence-electron chi connectivity index (χ2n) is 4.38. The first kappa shape index (κ1) is 13.4. The molecule has 0 saturated carbocycles.